The van der Waals surface area contributed by atoms with Crippen LogP contribution in [-0.2, 0) is 22.6 Å². The minimum absolute atomic E-state index is 0.00339. The van der Waals surface area contributed by atoms with E-state index in [1.807, 2.05) is 84.9 Å². The van der Waals surface area contributed by atoms with Crippen molar-refractivity contribution in [3.63, 3.8) is 0 Å². The fraction of sp³-hybridized carbons (Fsp3) is 0.265. The highest BCUT2D eigenvalue weighted by atomic mass is 32.2. The van der Waals surface area contributed by atoms with Crippen LogP contribution in [0.1, 0.15) is 51.9 Å². The molecule has 1 aliphatic heterocycles. The smallest absolute Gasteiger partial charge is 0.251 e. The topological polar surface area (TPSA) is 77.0 Å². The number of amides is 1. The molecule has 7 heteroatoms. The van der Waals surface area contributed by atoms with Crippen LogP contribution >= 0.6 is 11.8 Å². The van der Waals surface area contributed by atoms with Crippen LogP contribution in [-0.4, -0.2) is 30.0 Å². The number of thioether (sulfide) groups is 1. The van der Waals surface area contributed by atoms with Crippen molar-refractivity contribution in [2.45, 2.75) is 43.5 Å². The maximum absolute atomic E-state index is 12.4. The molecule has 6 nitrogen and oxygen atoms in total. The molecule has 4 atom stereocenters. The highest BCUT2D eigenvalue weighted by molar-refractivity contribution is 7.99. The first-order valence-electron chi connectivity index (χ1n) is 13.7. The van der Waals surface area contributed by atoms with E-state index in [9.17, 15) is 9.90 Å². The Balaban J connectivity index is 1.32. The third-order valence-electron chi connectivity index (χ3n) is 7.34. The van der Waals surface area contributed by atoms with Crippen molar-refractivity contribution in [3.05, 3.63) is 131 Å². The Labute approximate surface area is 245 Å². The molecule has 1 amide bonds. The van der Waals surface area contributed by atoms with Gasteiger partial charge >= 0.3 is 0 Å². The summed E-state index contributed by atoms with van der Waals surface area (Å²) in [4.78, 5) is 13.5. The molecule has 1 fully saturated rings. The van der Waals surface area contributed by atoms with Crippen LogP contribution in [0, 0.1) is 5.92 Å². The predicted molar refractivity (Wildman–Crippen MR) is 161 cm³/mol. The van der Waals surface area contributed by atoms with Crippen LogP contribution in [0.3, 0.4) is 0 Å². The van der Waals surface area contributed by atoms with Crippen molar-refractivity contribution in [3.8, 4) is 5.75 Å². The second-order valence-electron chi connectivity index (χ2n) is 10.1. The number of para-hydroxylation sites is 1. The summed E-state index contributed by atoms with van der Waals surface area (Å²) >= 11 is 1.71. The van der Waals surface area contributed by atoms with Gasteiger partial charge in [-0.3, -0.25) is 4.79 Å². The summed E-state index contributed by atoms with van der Waals surface area (Å²) in [6.07, 6.45) is -0.824. The molecule has 0 aliphatic carbocycles. The van der Waals surface area contributed by atoms with Gasteiger partial charge in [0.2, 0.25) is 0 Å². The summed E-state index contributed by atoms with van der Waals surface area (Å²) in [5, 5.41) is 12.5. The number of methoxy groups -OCH3 is 1. The Morgan fingerprint density at radius 1 is 0.854 bits per heavy atom. The number of aliphatic hydroxyl groups is 1. The molecule has 0 unspecified atom stereocenters. The lowest BCUT2D eigenvalue weighted by atomic mass is 9.91. The first-order chi connectivity index (χ1) is 20.1. The quantitative estimate of drug-likeness (QED) is 0.207. The molecule has 5 rings (SSSR count). The van der Waals surface area contributed by atoms with Crippen molar-refractivity contribution in [1.82, 2.24) is 5.32 Å². The van der Waals surface area contributed by atoms with Crippen molar-refractivity contribution in [1.29, 1.82) is 0 Å². The zero-order valence-electron chi connectivity index (χ0n) is 23.2. The second kappa shape index (κ2) is 13.8. The van der Waals surface area contributed by atoms with Crippen LogP contribution in [0.15, 0.2) is 108 Å². The van der Waals surface area contributed by atoms with E-state index in [2.05, 4.69) is 18.3 Å². The minimum atomic E-state index is -0.551. The van der Waals surface area contributed by atoms with Gasteiger partial charge in [0.05, 0.1) is 25.9 Å². The molecule has 1 heterocycles. The predicted octanol–water partition coefficient (Wildman–Crippen LogP) is 6.70. The van der Waals surface area contributed by atoms with Gasteiger partial charge in [-0.1, -0.05) is 85.8 Å². The fourth-order valence-electron chi connectivity index (χ4n) is 4.89. The van der Waals surface area contributed by atoms with E-state index in [1.54, 1.807) is 31.0 Å². The highest BCUT2D eigenvalue weighted by Crippen LogP contribution is 2.43. The average Bonchev–Trinajstić information content (AvgIpc) is 3.04. The Morgan fingerprint density at radius 2 is 1.51 bits per heavy atom. The molecular weight excluding hydrogens is 534 g/mol. The molecule has 0 aromatic heterocycles. The molecule has 0 saturated carbocycles. The summed E-state index contributed by atoms with van der Waals surface area (Å²) in [5.74, 6) is 1.56. The van der Waals surface area contributed by atoms with Crippen LogP contribution in [0.2, 0.25) is 0 Å². The van der Waals surface area contributed by atoms with Crippen LogP contribution in [0.25, 0.3) is 0 Å². The third kappa shape index (κ3) is 7.18. The van der Waals surface area contributed by atoms with Crippen LogP contribution < -0.4 is 10.1 Å². The monoisotopic (exact) mass is 569 g/mol. The molecule has 4 aromatic rings. The van der Waals surface area contributed by atoms with Gasteiger partial charge in [0.15, 0.2) is 6.29 Å². The molecule has 0 bridgehead atoms. The normalized spacial score (nSPS) is 20.4. The second-order valence-corrected chi connectivity index (χ2v) is 11.1. The Kier molecular flexibility index (Phi) is 9.75. The largest absolute Gasteiger partial charge is 0.496 e. The molecular formula is C34H35NO5S. The fourth-order valence-corrected chi connectivity index (χ4v) is 6.08. The van der Waals surface area contributed by atoms with E-state index in [1.165, 1.54) is 0 Å². The maximum atomic E-state index is 12.4. The Bertz CT molecular complexity index is 1410. The number of nitrogens with one attached hydrogen (secondary N) is 1. The minimum Gasteiger partial charge on any atom is -0.496 e. The van der Waals surface area contributed by atoms with Gasteiger partial charge < -0.3 is 24.6 Å². The van der Waals surface area contributed by atoms with Crippen molar-refractivity contribution < 1.29 is 24.1 Å². The molecule has 0 radical (unpaired) electrons. The molecule has 1 saturated heterocycles. The van der Waals surface area contributed by atoms with E-state index in [-0.39, 0.29) is 30.6 Å². The standard InChI is InChI=1S/C34H35NO5S/c1-23-30(22-41-31-11-7-6-10-29(31)38-2)39-34(40-32(23)26-16-14-25(21-36)15-17-26)28-18-12-24(13-19-28)20-35-33(37)27-8-4-3-5-9-27/h3-19,23,30,32,34,36H,20-22H2,1-2H3,(H,35,37)/t23-,30+,32+,34+/m1/s1. The zero-order chi connectivity index (χ0) is 28.6. The summed E-state index contributed by atoms with van der Waals surface area (Å²) in [5.41, 5.74) is 4.46. The number of aliphatic hydroxyl groups excluding tert-OH is 1. The van der Waals surface area contributed by atoms with E-state index < -0.39 is 6.29 Å². The van der Waals surface area contributed by atoms with Gasteiger partial charge in [0, 0.05) is 34.2 Å². The van der Waals surface area contributed by atoms with Crippen molar-refractivity contribution in [2.24, 2.45) is 5.92 Å². The highest BCUT2D eigenvalue weighted by Gasteiger charge is 2.38. The molecule has 4 aromatic carbocycles. The van der Waals surface area contributed by atoms with Gasteiger partial charge in [-0.15, -0.1) is 11.8 Å². The lowest BCUT2D eigenvalue weighted by Crippen LogP contribution is -2.38. The lowest BCUT2D eigenvalue weighted by Gasteiger charge is -2.41. The Morgan fingerprint density at radius 3 is 2.22 bits per heavy atom. The summed E-state index contributed by atoms with van der Waals surface area (Å²) in [6.45, 7) is 2.59. The third-order valence-corrected chi connectivity index (χ3v) is 8.48. The number of rotatable bonds is 10. The van der Waals surface area contributed by atoms with Gasteiger partial charge in [-0.25, -0.2) is 0 Å². The molecule has 41 heavy (non-hydrogen) atoms. The zero-order valence-corrected chi connectivity index (χ0v) is 24.1. The lowest BCUT2D eigenvalue weighted by molar-refractivity contribution is -0.268. The molecule has 1 aliphatic rings. The first-order valence-corrected chi connectivity index (χ1v) is 14.7. The number of benzene rings is 4. The van der Waals surface area contributed by atoms with Gasteiger partial charge in [-0.2, -0.15) is 0 Å². The van der Waals surface area contributed by atoms with E-state index >= 15 is 0 Å². The molecule has 2 N–H and O–H groups in total. The van der Waals surface area contributed by atoms with Crippen molar-refractivity contribution >= 4 is 17.7 Å². The summed E-state index contributed by atoms with van der Waals surface area (Å²) in [6, 6.07) is 33.1. The Hall–Kier alpha value is -3.62. The number of carbonyl (C=O) groups excluding carboxylic acids is 1. The van der Waals surface area contributed by atoms with Gasteiger partial charge in [-0.05, 0) is 41.0 Å². The summed E-state index contributed by atoms with van der Waals surface area (Å²) in [7, 11) is 1.69. The van der Waals surface area contributed by atoms with E-state index in [0.717, 1.165) is 38.7 Å². The van der Waals surface area contributed by atoms with Crippen molar-refractivity contribution in [2.75, 3.05) is 12.9 Å². The molecule has 212 valence electrons. The SMILES string of the molecule is COc1ccccc1SC[C@@H]1O[C@H](c2ccc(CNC(=O)c3ccccc3)cc2)O[C@H](c2ccc(CO)cc2)[C@@H]1C. The van der Waals surface area contributed by atoms with Gasteiger partial charge in [0.1, 0.15) is 5.75 Å². The number of hydrogen-bond acceptors (Lipinski definition) is 6. The van der Waals surface area contributed by atoms with Crippen LogP contribution in [0.4, 0.5) is 0 Å². The number of carbonyl (C=O) groups is 1. The number of ether oxygens (including phenoxy) is 3. The average molecular weight is 570 g/mol. The maximum Gasteiger partial charge on any atom is 0.251 e. The molecule has 0 spiro atoms. The first kappa shape index (κ1) is 28.9. The van der Waals surface area contributed by atoms with E-state index in [4.69, 9.17) is 14.2 Å². The summed E-state index contributed by atoms with van der Waals surface area (Å²) < 4.78 is 18.7. The number of hydrogen-bond donors (Lipinski definition) is 2. The van der Waals surface area contributed by atoms with Gasteiger partial charge in [0.25, 0.3) is 5.91 Å². The van der Waals surface area contributed by atoms with Crippen LogP contribution in [0.5, 0.6) is 5.75 Å². The van der Waals surface area contributed by atoms with E-state index in [0.29, 0.717) is 12.1 Å².